The largest absolute Gasteiger partial charge is 0.423 e. The van der Waals surface area contributed by atoms with Gasteiger partial charge in [0.2, 0.25) is 0 Å². The molecule has 0 aromatic rings. The second-order valence-electron chi connectivity index (χ2n) is 2.28. The fourth-order valence-electron chi connectivity index (χ4n) is 0.494. The van der Waals surface area contributed by atoms with Crippen LogP contribution in [0.1, 0.15) is 0 Å². The van der Waals surface area contributed by atoms with Gasteiger partial charge in [0.1, 0.15) is 5.57 Å². The molecule has 0 aromatic heterocycles. The first kappa shape index (κ1) is 10.9. The van der Waals surface area contributed by atoms with Crippen LogP contribution in [0, 0.1) is 0 Å². The lowest BCUT2D eigenvalue weighted by molar-refractivity contribution is -0.138. The molecule has 0 aliphatic rings. The Hall–Kier alpha value is -1.07. The van der Waals surface area contributed by atoms with E-state index in [-0.39, 0.29) is 0 Å². The SMILES string of the molecule is CN(C)/C=C(\C(=O)F)C(F)(F)F. The maximum absolute atomic E-state index is 11.8. The molecule has 0 fully saturated rings. The zero-order chi connectivity index (χ0) is 9.94. The summed E-state index contributed by atoms with van der Waals surface area (Å²) in [7, 11) is 2.52. The van der Waals surface area contributed by atoms with Gasteiger partial charge in [-0.25, -0.2) is 0 Å². The molecule has 0 bridgehead atoms. The minimum absolute atomic E-state index is 0.391. The Morgan fingerprint density at radius 1 is 1.33 bits per heavy atom. The summed E-state index contributed by atoms with van der Waals surface area (Å²) in [4.78, 5) is 10.8. The Bertz CT molecular complexity index is 206. The summed E-state index contributed by atoms with van der Waals surface area (Å²) < 4.78 is 47.1. The molecule has 0 atom stereocenters. The van der Waals surface area contributed by atoms with Crippen molar-refractivity contribution in [3.8, 4) is 0 Å². The maximum Gasteiger partial charge on any atom is 0.423 e. The summed E-state index contributed by atoms with van der Waals surface area (Å²) in [6.07, 6.45) is -4.54. The van der Waals surface area contributed by atoms with Gasteiger partial charge in [-0.1, -0.05) is 0 Å². The molecule has 0 aliphatic carbocycles. The predicted octanol–water partition coefficient (Wildman–Crippen LogP) is 1.49. The van der Waals surface area contributed by atoms with Crippen LogP contribution in [0.15, 0.2) is 11.8 Å². The third-order valence-corrected chi connectivity index (χ3v) is 0.904. The Morgan fingerprint density at radius 3 is 1.83 bits per heavy atom. The molecule has 12 heavy (non-hydrogen) atoms. The monoisotopic (exact) mass is 185 g/mol. The van der Waals surface area contributed by atoms with Crippen molar-refractivity contribution in [3.05, 3.63) is 11.8 Å². The zero-order valence-electron chi connectivity index (χ0n) is 6.44. The summed E-state index contributed by atoms with van der Waals surface area (Å²) in [5.74, 6) is 0. The molecule has 0 radical (unpaired) electrons. The topological polar surface area (TPSA) is 20.3 Å². The lowest BCUT2D eigenvalue weighted by atomic mass is 10.3. The molecule has 0 heterocycles. The second kappa shape index (κ2) is 3.55. The highest BCUT2D eigenvalue weighted by atomic mass is 19.4. The van der Waals surface area contributed by atoms with Gasteiger partial charge >= 0.3 is 12.2 Å². The molecule has 0 aliphatic heterocycles. The summed E-state index contributed by atoms with van der Waals surface area (Å²) in [6, 6.07) is -2.48. The Morgan fingerprint density at radius 2 is 1.75 bits per heavy atom. The van der Waals surface area contributed by atoms with Gasteiger partial charge in [-0.15, -0.1) is 0 Å². The van der Waals surface area contributed by atoms with Crippen LogP contribution in [0.25, 0.3) is 0 Å². The van der Waals surface area contributed by atoms with Crippen LogP contribution in [0.2, 0.25) is 0 Å². The van der Waals surface area contributed by atoms with Crippen LogP contribution in [0.5, 0.6) is 0 Å². The van der Waals surface area contributed by atoms with Crippen molar-refractivity contribution in [2.75, 3.05) is 14.1 Å². The van der Waals surface area contributed by atoms with Crippen LogP contribution in [0.4, 0.5) is 17.6 Å². The normalized spacial score (nSPS) is 13.0. The molecule has 0 N–H and O–H groups in total. The highest BCUT2D eigenvalue weighted by molar-refractivity contribution is 5.88. The van der Waals surface area contributed by atoms with Crippen molar-refractivity contribution in [2.45, 2.75) is 6.18 Å². The maximum atomic E-state index is 11.8. The van der Waals surface area contributed by atoms with Crippen molar-refractivity contribution in [3.63, 3.8) is 0 Å². The van der Waals surface area contributed by atoms with Gasteiger partial charge in [-0.3, -0.25) is 4.79 Å². The molecule has 6 heteroatoms. The molecule has 0 unspecified atom stereocenters. The number of nitrogens with zero attached hydrogens (tertiary/aromatic N) is 1. The third-order valence-electron chi connectivity index (χ3n) is 0.904. The number of rotatable bonds is 2. The zero-order valence-corrected chi connectivity index (χ0v) is 6.44. The first-order valence-electron chi connectivity index (χ1n) is 2.90. The van der Waals surface area contributed by atoms with E-state index in [4.69, 9.17) is 0 Å². The molecule has 0 saturated heterocycles. The molecule has 70 valence electrons. The van der Waals surface area contributed by atoms with Gasteiger partial charge < -0.3 is 4.90 Å². The summed E-state index contributed by atoms with van der Waals surface area (Å²) in [6.45, 7) is 0. The van der Waals surface area contributed by atoms with Gasteiger partial charge in [0, 0.05) is 20.3 Å². The molecule has 0 aromatic carbocycles. The van der Waals surface area contributed by atoms with Gasteiger partial charge in [-0.2, -0.15) is 17.6 Å². The van der Waals surface area contributed by atoms with Crippen molar-refractivity contribution in [1.82, 2.24) is 4.90 Å². The summed E-state index contributed by atoms with van der Waals surface area (Å²) in [5, 5.41) is 0. The quantitative estimate of drug-likeness (QED) is 0.369. The van der Waals surface area contributed by atoms with Crippen LogP contribution in [-0.4, -0.2) is 31.2 Å². The first-order chi connectivity index (χ1) is 5.25. The number of alkyl halides is 3. The standard InChI is InChI=1S/C6H7F4NO/c1-11(2)3-4(5(7)12)6(8,9)10/h3H,1-2H3/b4-3+. The van der Waals surface area contributed by atoms with E-state index in [9.17, 15) is 22.4 Å². The van der Waals surface area contributed by atoms with Gasteiger partial charge in [-0.05, 0) is 0 Å². The second-order valence-corrected chi connectivity index (χ2v) is 2.28. The van der Waals surface area contributed by atoms with Crippen molar-refractivity contribution >= 4 is 6.04 Å². The molecule has 0 spiro atoms. The third kappa shape index (κ3) is 3.36. The highest BCUT2D eigenvalue weighted by Crippen LogP contribution is 2.26. The van der Waals surface area contributed by atoms with Gasteiger partial charge in [0.25, 0.3) is 0 Å². The molecular weight excluding hydrogens is 178 g/mol. The van der Waals surface area contributed by atoms with Crippen LogP contribution < -0.4 is 0 Å². The van der Waals surface area contributed by atoms with Crippen molar-refractivity contribution < 1.29 is 22.4 Å². The lowest BCUT2D eigenvalue weighted by Gasteiger charge is -2.10. The van der Waals surface area contributed by atoms with Crippen LogP contribution >= 0.6 is 0 Å². The smallest absolute Gasteiger partial charge is 0.383 e. The minimum atomic E-state index is -4.93. The number of hydrogen-bond donors (Lipinski definition) is 0. The fraction of sp³-hybridized carbons (Fsp3) is 0.500. The average molecular weight is 185 g/mol. The van der Waals surface area contributed by atoms with E-state index in [1.54, 1.807) is 0 Å². The molecule has 0 rings (SSSR count). The van der Waals surface area contributed by atoms with Crippen LogP contribution in [0.3, 0.4) is 0 Å². The summed E-state index contributed by atoms with van der Waals surface area (Å²) in [5.41, 5.74) is -1.80. The predicted molar refractivity (Wildman–Crippen MR) is 33.9 cm³/mol. The highest BCUT2D eigenvalue weighted by Gasteiger charge is 2.39. The van der Waals surface area contributed by atoms with E-state index >= 15 is 0 Å². The number of allylic oxidation sites excluding steroid dienone is 1. The van der Waals surface area contributed by atoms with E-state index in [0.29, 0.717) is 6.20 Å². The van der Waals surface area contributed by atoms with Crippen molar-refractivity contribution in [2.24, 2.45) is 0 Å². The number of carbonyl (C=O) groups is 1. The first-order valence-corrected chi connectivity index (χ1v) is 2.90. The van der Waals surface area contributed by atoms with Crippen molar-refractivity contribution in [1.29, 1.82) is 0 Å². The van der Waals surface area contributed by atoms with E-state index in [0.717, 1.165) is 4.90 Å². The van der Waals surface area contributed by atoms with E-state index in [1.807, 2.05) is 0 Å². The van der Waals surface area contributed by atoms with Gasteiger partial charge in [0.15, 0.2) is 0 Å². The molecule has 0 amide bonds. The Labute approximate surface area is 66.5 Å². The Balaban J connectivity index is 4.81. The number of halogens is 4. The van der Waals surface area contributed by atoms with E-state index < -0.39 is 17.8 Å². The van der Waals surface area contributed by atoms with E-state index in [2.05, 4.69) is 0 Å². The number of carbonyl (C=O) groups excluding carboxylic acids is 1. The number of hydrogen-bond acceptors (Lipinski definition) is 2. The van der Waals surface area contributed by atoms with E-state index in [1.165, 1.54) is 14.1 Å². The van der Waals surface area contributed by atoms with Gasteiger partial charge in [0.05, 0.1) is 0 Å². The lowest BCUT2D eigenvalue weighted by Crippen LogP contribution is -2.20. The molecule has 0 saturated carbocycles. The van der Waals surface area contributed by atoms with Crippen LogP contribution in [-0.2, 0) is 4.79 Å². The molecular formula is C6H7F4NO. The fourth-order valence-corrected chi connectivity index (χ4v) is 0.494. The summed E-state index contributed by atoms with van der Waals surface area (Å²) >= 11 is 0. The average Bonchev–Trinajstić information content (AvgIpc) is 1.79. The molecule has 2 nitrogen and oxygen atoms in total. The Kier molecular flexibility index (Phi) is 3.24. The minimum Gasteiger partial charge on any atom is -0.383 e.